The van der Waals surface area contributed by atoms with Gasteiger partial charge in [0.2, 0.25) is 5.88 Å². The largest absolute Gasteiger partial charge is 0.480 e. The summed E-state index contributed by atoms with van der Waals surface area (Å²) in [6.07, 6.45) is 6.01. The number of nitrogens with zero attached hydrogens (tertiary/aromatic N) is 3. The van der Waals surface area contributed by atoms with Crippen molar-refractivity contribution >= 4 is 21.4 Å². The van der Waals surface area contributed by atoms with E-state index in [0.717, 1.165) is 42.4 Å². The lowest BCUT2D eigenvalue weighted by Crippen LogP contribution is -2.15. The van der Waals surface area contributed by atoms with Gasteiger partial charge in [-0.1, -0.05) is 18.2 Å². The van der Waals surface area contributed by atoms with Crippen molar-refractivity contribution in [3.05, 3.63) is 71.4 Å². The van der Waals surface area contributed by atoms with Gasteiger partial charge in [0, 0.05) is 11.6 Å². The fraction of sp³-hybridized carbons (Fsp3) is 0.250. The lowest BCUT2D eigenvalue weighted by molar-refractivity contribution is 0.390. The molecule has 5 rings (SSSR count). The monoisotopic (exact) mass is 448 g/mol. The zero-order valence-corrected chi connectivity index (χ0v) is 18.8. The second-order valence-corrected chi connectivity index (χ2v) is 9.76. The molecule has 7 nitrogen and oxygen atoms in total. The molecule has 2 heterocycles. The molecule has 2 aromatic heterocycles. The number of ether oxygens (including phenoxy) is 1. The zero-order chi connectivity index (χ0) is 22.3. The molecule has 0 saturated carbocycles. The molecule has 0 saturated heterocycles. The number of hydrogen-bond acceptors (Lipinski definition) is 5. The molecule has 0 atom stereocenters. The van der Waals surface area contributed by atoms with E-state index in [9.17, 15) is 8.42 Å². The molecule has 0 spiro atoms. The highest BCUT2D eigenvalue weighted by Crippen LogP contribution is 2.29. The number of methoxy groups -OCH3 is 1. The highest BCUT2D eigenvalue weighted by molar-refractivity contribution is 7.92. The molecule has 1 aliphatic carbocycles. The fourth-order valence-corrected chi connectivity index (χ4v) is 5.26. The molecule has 0 unspecified atom stereocenters. The standard InChI is InChI=1S/C24H24N4O3S/c1-16-7-8-19(22-15-28-23(25-22)11-12-24(26-28)31-2)14-21(16)27-32(29,30)20-10-9-17-5-3-4-6-18(17)13-20/h7-15,27H,3-6H2,1-2H3. The van der Waals surface area contributed by atoms with E-state index in [1.165, 1.54) is 5.56 Å². The number of aryl methyl sites for hydroxylation is 3. The van der Waals surface area contributed by atoms with Crippen LogP contribution in [0.3, 0.4) is 0 Å². The number of benzene rings is 2. The third-order valence-corrected chi connectivity index (χ3v) is 7.28. The van der Waals surface area contributed by atoms with Gasteiger partial charge in [-0.15, -0.1) is 5.10 Å². The summed E-state index contributed by atoms with van der Waals surface area (Å²) in [4.78, 5) is 4.90. The second-order valence-electron chi connectivity index (χ2n) is 8.08. The lowest BCUT2D eigenvalue weighted by atomic mass is 9.92. The number of fused-ring (bicyclic) bond motifs is 2. The van der Waals surface area contributed by atoms with E-state index in [1.54, 1.807) is 30.0 Å². The van der Waals surface area contributed by atoms with Crippen LogP contribution in [-0.4, -0.2) is 30.1 Å². The first-order valence-corrected chi connectivity index (χ1v) is 12.1. The first-order chi connectivity index (χ1) is 15.4. The SMILES string of the molecule is COc1ccc2nc(-c3ccc(C)c(NS(=O)(=O)c4ccc5c(c4)CCCC5)c3)cn2n1. The van der Waals surface area contributed by atoms with Crippen LogP contribution >= 0.6 is 0 Å². The average molecular weight is 449 g/mol. The number of aromatic nitrogens is 3. The molecule has 1 N–H and O–H groups in total. The highest BCUT2D eigenvalue weighted by Gasteiger charge is 2.19. The Labute approximate surface area is 187 Å². The van der Waals surface area contributed by atoms with E-state index in [-0.39, 0.29) is 0 Å². The summed E-state index contributed by atoms with van der Waals surface area (Å²) in [5.41, 5.74) is 5.92. The van der Waals surface area contributed by atoms with Crippen LogP contribution in [0.4, 0.5) is 5.69 Å². The van der Waals surface area contributed by atoms with Crippen molar-refractivity contribution in [2.24, 2.45) is 0 Å². The van der Waals surface area contributed by atoms with Gasteiger partial charge in [0.1, 0.15) is 0 Å². The minimum Gasteiger partial charge on any atom is -0.480 e. The van der Waals surface area contributed by atoms with Crippen molar-refractivity contribution in [2.45, 2.75) is 37.5 Å². The van der Waals surface area contributed by atoms with Crippen LogP contribution in [0, 0.1) is 6.92 Å². The molecular formula is C24H24N4O3S. The third-order valence-electron chi connectivity index (χ3n) is 5.91. The van der Waals surface area contributed by atoms with Gasteiger partial charge in [0.25, 0.3) is 10.0 Å². The van der Waals surface area contributed by atoms with Crippen molar-refractivity contribution < 1.29 is 13.2 Å². The molecule has 1 aliphatic rings. The molecule has 0 aliphatic heterocycles. The van der Waals surface area contributed by atoms with Crippen LogP contribution in [0.5, 0.6) is 5.88 Å². The minimum atomic E-state index is -3.71. The predicted molar refractivity (Wildman–Crippen MR) is 124 cm³/mol. The maximum Gasteiger partial charge on any atom is 0.261 e. The number of rotatable bonds is 5. The average Bonchev–Trinajstić information content (AvgIpc) is 3.23. The summed E-state index contributed by atoms with van der Waals surface area (Å²) in [6, 6.07) is 14.7. The van der Waals surface area contributed by atoms with Gasteiger partial charge in [-0.25, -0.2) is 17.9 Å². The molecule has 0 bridgehead atoms. The Bertz CT molecular complexity index is 1430. The Morgan fingerprint density at radius 1 is 1.00 bits per heavy atom. The number of nitrogens with one attached hydrogen (secondary N) is 1. The Hall–Kier alpha value is -3.39. The van der Waals surface area contributed by atoms with Crippen LogP contribution < -0.4 is 9.46 Å². The van der Waals surface area contributed by atoms with Gasteiger partial charge >= 0.3 is 0 Å². The van der Waals surface area contributed by atoms with Gasteiger partial charge in [-0.3, -0.25) is 4.72 Å². The van der Waals surface area contributed by atoms with Gasteiger partial charge in [0.05, 0.1) is 29.6 Å². The maximum atomic E-state index is 13.1. The van der Waals surface area contributed by atoms with Crippen LogP contribution in [0.15, 0.2) is 59.6 Å². The summed E-state index contributed by atoms with van der Waals surface area (Å²) < 4.78 is 35.9. The number of anilines is 1. The van der Waals surface area contributed by atoms with Crippen molar-refractivity contribution in [1.82, 2.24) is 14.6 Å². The smallest absolute Gasteiger partial charge is 0.261 e. The molecule has 8 heteroatoms. The van der Waals surface area contributed by atoms with E-state index in [2.05, 4.69) is 14.8 Å². The Balaban J connectivity index is 1.47. The molecule has 4 aromatic rings. The molecule has 2 aromatic carbocycles. The maximum absolute atomic E-state index is 13.1. The Kier molecular flexibility index (Phi) is 5.09. The number of sulfonamides is 1. The summed E-state index contributed by atoms with van der Waals surface area (Å²) in [5, 5.41) is 4.33. The summed E-state index contributed by atoms with van der Waals surface area (Å²) in [7, 11) is -2.14. The molecule has 0 amide bonds. The van der Waals surface area contributed by atoms with E-state index < -0.39 is 10.0 Å². The number of hydrogen-bond donors (Lipinski definition) is 1. The van der Waals surface area contributed by atoms with Crippen LogP contribution in [0.2, 0.25) is 0 Å². The normalized spacial score (nSPS) is 13.7. The van der Waals surface area contributed by atoms with Crippen molar-refractivity contribution in [2.75, 3.05) is 11.8 Å². The van der Waals surface area contributed by atoms with Crippen molar-refractivity contribution in [1.29, 1.82) is 0 Å². The lowest BCUT2D eigenvalue weighted by Gasteiger charge is -2.17. The molecule has 164 valence electrons. The van der Waals surface area contributed by atoms with Crippen LogP contribution in [-0.2, 0) is 22.9 Å². The second kappa shape index (κ2) is 7.94. The van der Waals surface area contributed by atoms with Crippen molar-refractivity contribution in [3.8, 4) is 17.1 Å². The Morgan fingerprint density at radius 3 is 2.62 bits per heavy atom. The zero-order valence-electron chi connectivity index (χ0n) is 18.0. The van der Waals surface area contributed by atoms with Crippen LogP contribution in [0.25, 0.3) is 16.9 Å². The topological polar surface area (TPSA) is 85.6 Å². The molecule has 0 fully saturated rings. The van der Waals surface area contributed by atoms with Crippen LogP contribution in [0.1, 0.15) is 29.5 Å². The summed E-state index contributed by atoms with van der Waals surface area (Å²) >= 11 is 0. The van der Waals surface area contributed by atoms with Gasteiger partial charge in [-0.05, 0) is 73.6 Å². The van der Waals surface area contributed by atoms with Gasteiger partial charge in [-0.2, -0.15) is 0 Å². The highest BCUT2D eigenvalue weighted by atomic mass is 32.2. The van der Waals surface area contributed by atoms with E-state index in [4.69, 9.17) is 4.74 Å². The molecular weight excluding hydrogens is 424 g/mol. The fourth-order valence-electron chi connectivity index (χ4n) is 4.08. The van der Waals surface area contributed by atoms with E-state index in [1.807, 2.05) is 43.3 Å². The third kappa shape index (κ3) is 3.82. The predicted octanol–water partition coefficient (Wildman–Crippen LogP) is 4.39. The van der Waals surface area contributed by atoms with Gasteiger partial charge < -0.3 is 4.74 Å². The molecule has 32 heavy (non-hydrogen) atoms. The minimum absolute atomic E-state index is 0.298. The first-order valence-electron chi connectivity index (χ1n) is 10.6. The summed E-state index contributed by atoms with van der Waals surface area (Å²) in [6.45, 7) is 1.88. The van der Waals surface area contributed by atoms with Crippen molar-refractivity contribution in [3.63, 3.8) is 0 Å². The van der Waals surface area contributed by atoms with E-state index >= 15 is 0 Å². The molecule has 0 radical (unpaired) electrons. The van der Waals surface area contributed by atoms with Gasteiger partial charge in [0.15, 0.2) is 5.65 Å². The van der Waals surface area contributed by atoms with E-state index in [0.29, 0.717) is 27.8 Å². The first kappa shape index (κ1) is 20.5. The summed E-state index contributed by atoms with van der Waals surface area (Å²) in [5.74, 6) is 0.490. The Morgan fingerprint density at radius 2 is 1.81 bits per heavy atom. The number of imidazole rings is 1. The quantitative estimate of drug-likeness (QED) is 0.489.